The van der Waals surface area contributed by atoms with Gasteiger partial charge in [-0.2, -0.15) is 41.6 Å². The fourth-order valence-electron chi connectivity index (χ4n) is 20.2. The molecule has 8 aliphatic carbocycles. The molecule has 8 aliphatic rings. The number of fused-ring (bicyclic) bond motifs is 6. The van der Waals surface area contributed by atoms with Gasteiger partial charge in [0.25, 0.3) is 0 Å². The molecule has 690 valence electrons. The predicted octanol–water partition coefficient (Wildman–Crippen LogP) is 17.1. The Morgan fingerprint density at radius 1 is 0.451 bits per heavy atom. The SMILES string of the molecule is C=S(=O)(c1ccc(F)cc1)N(C1CC1)[C@H]1CCC2=Cc3c(cnn3-c3ccc(F)cc3)C[C@]2(C(=O)c2cc(Cl)ccn2)C1.C=S(=O)(c1cn(C)nn1)N(C1CCC1)[C@H]1CCC2=Cc3c(cnn3-c3ccc(F)cc3)C[C@]2(C(=O)c2cc(C(F)(F)F)ccn2)C1.C=S(=O)(c1cn(C)nn1)N(CC)[C@H]1CCC2=Cc3c(cnn3-c3ccc(F)cc3)C[C@]2(C(=O)c2cc(C(F)(F)F)ccn2)C1. The number of aryl methyl sites for hydroxylation is 2. The molecular formula is C95H89ClF10N18O6S3. The number of hydrogen-bond donors (Lipinski definition) is 0. The summed E-state index contributed by atoms with van der Waals surface area (Å²) in [6.45, 7) is 2.16. The van der Waals surface area contributed by atoms with E-state index in [1.54, 1.807) is 118 Å². The number of aromatic nitrogens is 15. The lowest BCUT2D eigenvalue weighted by Crippen LogP contribution is -2.55. The largest absolute Gasteiger partial charge is 0.416 e. The van der Waals surface area contributed by atoms with Gasteiger partial charge in [-0.25, -0.2) is 57.1 Å². The molecule has 9 atom stereocenters. The van der Waals surface area contributed by atoms with E-state index in [1.165, 1.54) is 70.3 Å². The van der Waals surface area contributed by atoms with Crippen LogP contribution in [0.5, 0.6) is 0 Å². The molecule has 0 amide bonds. The van der Waals surface area contributed by atoms with E-state index in [2.05, 4.69) is 68.5 Å². The highest BCUT2D eigenvalue weighted by Gasteiger charge is 2.57. The van der Waals surface area contributed by atoms with Crippen LogP contribution in [0.2, 0.25) is 5.02 Å². The second kappa shape index (κ2) is 35.1. The molecule has 5 saturated carbocycles. The number of Topliss-reactive ketones (excluding diaryl/α,β-unsaturated/α-hetero) is 3. The number of halogens is 11. The maximum absolute atomic E-state index is 14.6. The Bertz CT molecular complexity index is 7030. The highest BCUT2D eigenvalue weighted by molar-refractivity contribution is 7.98. The third-order valence-electron chi connectivity index (χ3n) is 26.9. The van der Waals surface area contributed by atoms with Crippen molar-refractivity contribution in [2.45, 2.75) is 174 Å². The first-order chi connectivity index (χ1) is 63.3. The number of ketones is 3. The maximum Gasteiger partial charge on any atom is 0.416 e. The lowest BCUT2D eigenvalue weighted by atomic mass is 9.60. The molecule has 4 aromatic carbocycles. The van der Waals surface area contributed by atoms with E-state index in [1.807, 2.05) is 33.8 Å². The van der Waals surface area contributed by atoms with Crippen molar-refractivity contribution in [3.8, 4) is 17.1 Å². The van der Waals surface area contributed by atoms with E-state index in [-0.39, 0.29) is 88.4 Å². The molecule has 3 unspecified atom stereocenters. The van der Waals surface area contributed by atoms with Gasteiger partial charge in [0.05, 0.1) is 122 Å². The Labute approximate surface area is 764 Å². The lowest BCUT2D eigenvalue weighted by molar-refractivity contribution is -0.138. The van der Waals surface area contributed by atoms with Crippen LogP contribution in [-0.4, -0.2) is 172 Å². The molecule has 12 aromatic rings. The van der Waals surface area contributed by atoms with Gasteiger partial charge in [-0.1, -0.05) is 52.1 Å². The lowest BCUT2D eigenvalue weighted by Gasteiger charge is -2.50. The number of pyridine rings is 3. The van der Waals surface area contributed by atoms with Crippen LogP contribution in [0.15, 0.2) is 215 Å². The van der Waals surface area contributed by atoms with Crippen molar-refractivity contribution >= 4 is 93.9 Å². The Balaban J connectivity index is 0.000000134. The molecule has 0 N–H and O–H groups in total. The number of hydrogen-bond acceptors (Lipinski definition) is 16. The summed E-state index contributed by atoms with van der Waals surface area (Å²) in [6.07, 6.45) is 17.1. The van der Waals surface area contributed by atoms with Gasteiger partial charge in [0, 0.05) is 79.4 Å². The van der Waals surface area contributed by atoms with E-state index >= 15 is 0 Å². The van der Waals surface area contributed by atoms with Crippen molar-refractivity contribution in [1.29, 1.82) is 0 Å². The van der Waals surface area contributed by atoms with E-state index in [9.17, 15) is 70.9 Å². The molecule has 133 heavy (non-hydrogen) atoms. The zero-order valence-electron chi connectivity index (χ0n) is 72.2. The van der Waals surface area contributed by atoms with E-state index in [4.69, 9.17) is 11.6 Å². The van der Waals surface area contributed by atoms with Gasteiger partial charge < -0.3 is 0 Å². The molecule has 0 spiro atoms. The quantitative estimate of drug-likeness (QED) is 0.0367. The topological polar surface area (TPSA) is 266 Å². The van der Waals surface area contributed by atoms with E-state index in [0.717, 1.165) is 108 Å². The Hall–Kier alpha value is -12.0. The second-order valence-electron chi connectivity index (χ2n) is 35.1. The summed E-state index contributed by atoms with van der Waals surface area (Å²) in [5, 5.41) is 30.6. The van der Waals surface area contributed by atoms with Crippen LogP contribution < -0.4 is 0 Å². The first-order valence-corrected chi connectivity index (χ1v) is 48.7. The first-order valence-electron chi connectivity index (χ1n) is 43.2. The standard InChI is InChI=1S/C33H29ClF2N4O2S.C32H31F4N7O2S.C30H29F4N7O2S/c1-43(42,29-12-5-25(36)6-13-29)40(27-10-11-27)28-7-2-22-16-31-21(20-38-39(31)26-8-3-24(35)4-9-26)18-33(22,19-28)32(41)30-17-23(34)14-15-37-30;1-41-19-29(39-40-41)46(2,45)43(25-4-3-5-25)26-9-6-21-15-28-20(18-38-42(28)24-10-7-23(33)8-11-24)16-31(21,17-26)30(44)27-14-22(12-13-37-27)32(34,35)36;1-4-40(44(3,43)27-18-39(2)38-37-27)24-8-5-20-14-26-19(17-36-41(26)23-9-6-22(31)7-10-23)15-29(20,16-24)28(42)25-13-21(11-12-35-25)30(32,33)34/h3-6,8-9,12-17,20,27-28H,1-2,7,10-11,18-19H2;7-8,10-15,18-19,25-26H,2-6,9,16-17H2,1H3;6-7,9-14,17-18,24H,3-5,8,15-16H2,1-2H3/t28-,33-,43?;26-,31-,46?;24-,29-,44?/m000/s1. The molecular weight excluding hydrogens is 1810 g/mol. The third kappa shape index (κ3) is 17.3. The van der Waals surface area contributed by atoms with E-state index < -0.39 is 104 Å². The first kappa shape index (κ1) is 91.5. The molecule has 0 saturated heterocycles. The van der Waals surface area contributed by atoms with Crippen LogP contribution >= 0.6 is 11.6 Å². The van der Waals surface area contributed by atoms with Gasteiger partial charge in [-0.05, 0) is 289 Å². The average molecular weight is 1900 g/mol. The summed E-state index contributed by atoms with van der Waals surface area (Å²) in [5.74, 6) is 9.60. The van der Waals surface area contributed by atoms with Gasteiger partial charge in [0.15, 0.2) is 27.4 Å². The van der Waals surface area contributed by atoms with Gasteiger partial charge in [0.2, 0.25) is 0 Å². The van der Waals surface area contributed by atoms with Crippen LogP contribution in [0.3, 0.4) is 0 Å². The molecule has 8 heterocycles. The zero-order valence-corrected chi connectivity index (χ0v) is 75.4. The minimum atomic E-state index is -4.66. The number of benzene rings is 4. The number of carbonyl (C=O) groups is 3. The van der Waals surface area contributed by atoms with Crippen molar-refractivity contribution < 1.29 is 70.9 Å². The van der Waals surface area contributed by atoms with E-state index in [0.29, 0.717) is 96.0 Å². The summed E-state index contributed by atoms with van der Waals surface area (Å²) in [6, 6.07) is 29.1. The minimum Gasteiger partial charge on any atom is -0.291 e. The monoisotopic (exact) mass is 1900 g/mol. The molecule has 24 nitrogen and oxygen atoms in total. The molecule has 5 fully saturated rings. The Morgan fingerprint density at radius 3 is 1.14 bits per heavy atom. The summed E-state index contributed by atoms with van der Waals surface area (Å²) in [4.78, 5) is 56.8. The van der Waals surface area contributed by atoms with Gasteiger partial charge >= 0.3 is 12.4 Å². The van der Waals surface area contributed by atoms with Crippen LogP contribution in [0, 0.1) is 39.5 Å². The summed E-state index contributed by atoms with van der Waals surface area (Å²) in [7, 11) is -5.86. The number of rotatable bonds is 21. The number of allylic oxidation sites excluding steroid dienone is 3. The second-order valence-corrected chi connectivity index (χ2v) is 42.0. The fourth-order valence-corrected chi connectivity index (χ4v) is 26.4. The Kier molecular flexibility index (Phi) is 24.2. The average Bonchev–Trinajstić information content (AvgIpc) is 1.72. The van der Waals surface area contributed by atoms with Crippen molar-refractivity contribution in [3.63, 3.8) is 0 Å². The molecule has 0 aliphatic heterocycles. The van der Waals surface area contributed by atoms with Crippen molar-refractivity contribution in [1.82, 2.24) is 87.2 Å². The maximum atomic E-state index is 14.6. The molecule has 8 aromatic heterocycles. The molecule has 20 rings (SSSR count). The van der Waals surface area contributed by atoms with Crippen molar-refractivity contribution in [2.75, 3.05) is 6.54 Å². The highest BCUT2D eigenvalue weighted by Crippen LogP contribution is 2.57. The fraction of sp³-hybridized carbons (Fsp3) is 0.326. The van der Waals surface area contributed by atoms with Crippen LogP contribution in [0.1, 0.15) is 173 Å². The van der Waals surface area contributed by atoms with Gasteiger partial charge in [0.1, 0.15) is 40.4 Å². The Morgan fingerprint density at radius 2 is 0.797 bits per heavy atom. The van der Waals surface area contributed by atoms with Crippen LogP contribution in [0.25, 0.3) is 35.3 Å². The van der Waals surface area contributed by atoms with Crippen LogP contribution in [0.4, 0.5) is 43.9 Å². The highest BCUT2D eigenvalue weighted by atomic mass is 35.5. The number of nitrogens with zero attached hydrogens (tertiary/aromatic N) is 18. The normalized spacial score (nSPS) is 22.3. The molecule has 0 bridgehead atoms. The van der Waals surface area contributed by atoms with Crippen molar-refractivity contribution in [2.24, 2.45) is 30.3 Å². The van der Waals surface area contributed by atoms with Crippen LogP contribution in [-0.2, 0) is 74.8 Å². The number of alkyl halides is 6. The van der Waals surface area contributed by atoms with Gasteiger partial charge in [-0.3, -0.25) is 38.7 Å². The zero-order chi connectivity index (χ0) is 93.8. The third-order valence-corrected chi connectivity index (χ3v) is 33.6. The summed E-state index contributed by atoms with van der Waals surface area (Å²) in [5.41, 5.74) is 3.23. The summed E-state index contributed by atoms with van der Waals surface area (Å²) < 4.78 is 194. The molecule has 38 heteroatoms. The smallest absolute Gasteiger partial charge is 0.291 e. The van der Waals surface area contributed by atoms with Crippen molar-refractivity contribution in [3.05, 3.63) is 290 Å². The summed E-state index contributed by atoms with van der Waals surface area (Å²) >= 11 is 6.30. The number of carbonyl (C=O) groups excluding carboxylic acids is 3. The molecule has 0 radical (unpaired) electrons. The van der Waals surface area contributed by atoms with Gasteiger partial charge in [-0.15, -0.1) is 10.2 Å². The minimum absolute atomic E-state index is 0.0539. The predicted molar refractivity (Wildman–Crippen MR) is 482 cm³/mol.